The van der Waals surface area contributed by atoms with Gasteiger partial charge >= 0.3 is 0 Å². The van der Waals surface area contributed by atoms with Crippen LogP contribution in [0.2, 0.25) is 0 Å². The van der Waals surface area contributed by atoms with Gasteiger partial charge in [0.1, 0.15) is 0 Å². The predicted molar refractivity (Wildman–Crippen MR) is 66.2 cm³/mol. The van der Waals surface area contributed by atoms with Crippen molar-refractivity contribution < 1.29 is 14.3 Å². The third-order valence-electron chi connectivity index (χ3n) is 3.32. The van der Waals surface area contributed by atoms with Gasteiger partial charge in [-0.2, -0.15) is 0 Å². The summed E-state index contributed by atoms with van der Waals surface area (Å²) in [5, 5.41) is 2.87. The number of amides is 1. The van der Waals surface area contributed by atoms with E-state index >= 15 is 0 Å². The number of hydrogen-bond acceptors (Lipinski definition) is 4. The summed E-state index contributed by atoms with van der Waals surface area (Å²) in [6.07, 6.45) is 3.66. The van der Waals surface area contributed by atoms with Crippen molar-refractivity contribution in [2.75, 3.05) is 26.4 Å². The summed E-state index contributed by atoms with van der Waals surface area (Å²) in [6.45, 7) is 2.30. The van der Waals surface area contributed by atoms with Crippen molar-refractivity contribution in [2.24, 2.45) is 5.73 Å². The van der Waals surface area contributed by atoms with Crippen LogP contribution in [-0.2, 0) is 14.3 Å². The van der Waals surface area contributed by atoms with E-state index in [0.717, 1.165) is 25.7 Å². The molecule has 0 aromatic carbocycles. The van der Waals surface area contributed by atoms with E-state index in [1.807, 2.05) is 0 Å². The highest BCUT2D eigenvalue weighted by Crippen LogP contribution is 2.27. The second-order valence-electron chi connectivity index (χ2n) is 4.64. The molecule has 0 spiro atoms. The molecular formula is C11H21ClN2O3. The molecule has 1 heterocycles. The molecule has 100 valence electrons. The topological polar surface area (TPSA) is 73.6 Å². The van der Waals surface area contributed by atoms with Crippen LogP contribution in [0.4, 0.5) is 0 Å². The molecule has 0 aromatic rings. The molecule has 1 saturated heterocycles. The van der Waals surface area contributed by atoms with Crippen LogP contribution >= 0.6 is 12.4 Å². The second-order valence-corrected chi connectivity index (χ2v) is 4.64. The van der Waals surface area contributed by atoms with Crippen LogP contribution in [0.1, 0.15) is 25.7 Å². The van der Waals surface area contributed by atoms with Crippen molar-refractivity contribution in [1.29, 1.82) is 0 Å². The van der Waals surface area contributed by atoms with Crippen LogP contribution in [-0.4, -0.2) is 43.9 Å². The highest BCUT2D eigenvalue weighted by Gasteiger charge is 2.37. The Morgan fingerprint density at radius 1 is 1.35 bits per heavy atom. The molecule has 1 unspecified atom stereocenters. The Morgan fingerprint density at radius 3 is 2.65 bits per heavy atom. The predicted octanol–water partition coefficient (Wildman–Crippen LogP) is 0.211. The molecule has 1 aliphatic carbocycles. The molecule has 1 aliphatic heterocycles. The first-order valence-electron chi connectivity index (χ1n) is 5.97. The Balaban J connectivity index is 0.00000144. The SMILES string of the molecule is Cl.NC1(C(=O)NCC2COCCO2)CCCC1. The fraction of sp³-hybridized carbons (Fsp3) is 0.909. The van der Waals surface area contributed by atoms with Crippen molar-refractivity contribution in [3.63, 3.8) is 0 Å². The third-order valence-corrected chi connectivity index (χ3v) is 3.32. The number of nitrogens with one attached hydrogen (secondary N) is 1. The van der Waals surface area contributed by atoms with E-state index in [1.165, 1.54) is 0 Å². The summed E-state index contributed by atoms with van der Waals surface area (Å²) in [5.41, 5.74) is 5.39. The molecule has 1 saturated carbocycles. The lowest BCUT2D eigenvalue weighted by Gasteiger charge is -2.26. The summed E-state index contributed by atoms with van der Waals surface area (Å²) >= 11 is 0. The van der Waals surface area contributed by atoms with Crippen molar-refractivity contribution in [3.8, 4) is 0 Å². The molecule has 5 nitrogen and oxygen atoms in total. The Morgan fingerprint density at radius 2 is 2.06 bits per heavy atom. The second kappa shape index (κ2) is 6.54. The summed E-state index contributed by atoms with van der Waals surface area (Å²) < 4.78 is 10.7. The number of carbonyl (C=O) groups excluding carboxylic acids is 1. The van der Waals surface area contributed by atoms with Crippen LogP contribution in [0, 0.1) is 0 Å². The van der Waals surface area contributed by atoms with E-state index in [4.69, 9.17) is 15.2 Å². The van der Waals surface area contributed by atoms with Crippen molar-refractivity contribution in [2.45, 2.75) is 37.3 Å². The quantitative estimate of drug-likeness (QED) is 0.764. The Hall–Kier alpha value is -0.360. The Labute approximate surface area is 108 Å². The molecule has 1 atom stereocenters. The number of rotatable bonds is 3. The fourth-order valence-electron chi connectivity index (χ4n) is 2.27. The van der Waals surface area contributed by atoms with Gasteiger partial charge in [-0.25, -0.2) is 0 Å². The van der Waals surface area contributed by atoms with Gasteiger partial charge in [0, 0.05) is 6.54 Å². The molecule has 0 aromatic heterocycles. The molecule has 2 fully saturated rings. The van der Waals surface area contributed by atoms with Crippen LogP contribution in [0.3, 0.4) is 0 Å². The van der Waals surface area contributed by atoms with Crippen LogP contribution in [0.15, 0.2) is 0 Å². The monoisotopic (exact) mass is 264 g/mol. The minimum Gasteiger partial charge on any atom is -0.376 e. The van der Waals surface area contributed by atoms with Gasteiger partial charge in [0.25, 0.3) is 0 Å². The van der Waals surface area contributed by atoms with Gasteiger partial charge in [-0.1, -0.05) is 12.8 Å². The maximum Gasteiger partial charge on any atom is 0.240 e. The average molecular weight is 265 g/mol. The Bertz CT molecular complexity index is 251. The van der Waals surface area contributed by atoms with E-state index in [-0.39, 0.29) is 24.4 Å². The van der Waals surface area contributed by atoms with Gasteiger partial charge in [-0.05, 0) is 12.8 Å². The van der Waals surface area contributed by atoms with E-state index in [0.29, 0.717) is 26.4 Å². The summed E-state index contributed by atoms with van der Waals surface area (Å²) in [7, 11) is 0. The number of hydrogen-bond donors (Lipinski definition) is 2. The maximum absolute atomic E-state index is 11.9. The highest BCUT2D eigenvalue weighted by atomic mass is 35.5. The van der Waals surface area contributed by atoms with Crippen molar-refractivity contribution in [3.05, 3.63) is 0 Å². The van der Waals surface area contributed by atoms with Crippen LogP contribution < -0.4 is 11.1 Å². The zero-order chi connectivity index (χ0) is 11.4. The molecule has 6 heteroatoms. The number of nitrogens with two attached hydrogens (primary N) is 1. The smallest absolute Gasteiger partial charge is 0.240 e. The largest absolute Gasteiger partial charge is 0.376 e. The zero-order valence-corrected chi connectivity index (χ0v) is 10.8. The van der Waals surface area contributed by atoms with E-state index in [9.17, 15) is 4.79 Å². The lowest BCUT2D eigenvalue weighted by molar-refractivity contribution is -0.128. The first kappa shape index (κ1) is 14.7. The maximum atomic E-state index is 11.9. The fourth-order valence-corrected chi connectivity index (χ4v) is 2.27. The minimum absolute atomic E-state index is 0. The van der Waals surface area contributed by atoms with Gasteiger partial charge in [0.15, 0.2) is 0 Å². The van der Waals surface area contributed by atoms with E-state index in [2.05, 4.69) is 5.32 Å². The van der Waals surface area contributed by atoms with Gasteiger partial charge in [-0.3, -0.25) is 4.79 Å². The number of carbonyl (C=O) groups is 1. The minimum atomic E-state index is -0.643. The zero-order valence-electron chi connectivity index (χ0n) is 9.94. The van der Waals surface area contributed by atoms with Crippen molar-refractivity contribution >= 4 is 18.3 Å². The average Bonchev–Trinajstić information content (AvgIpc) is 2.76. The molecule has 2 rings (SSSR count). The first-order valence-corrected chi connectivity index (χ1v) is 5.97. The molecule has 1 amide bonds. The van der Waals surface area contributed by atoms with Gasteiger partial charge < -0.3 is 20.5 Å². The lowest BCUT2D eigenvalue weighted by atomic mass is 9.98. The molecular weight excluding hydrogens is 244 g/mol. The molecule has 17 heavy (non-hydrogen) atoms. The molecule has 2 aliphatic rings. The summed E-state index contributed by atoms with van der Waals surface area (Å²) in [6, 6.07) is 0. The van der Waals surface area contributed by atoms with E-state index in [1.54, 1.807) is 0 Å². The number of ether oxygens (including phenoxy) is 2. The lowest BCUT2D eigenvalue weighted by Crippen LogP contribution is -2.54. The first-order chi connectivity index (χ1) is 7.71. The van der Waals surface area contributed by atoms with Gasteiger partial charge in [-0.15, -0.1) is 12.4 Å². The normalized spacial score (nSPS) is 27.2. The standard InChI is InChI=1S/C11H20N2O3.ClH/c12-11(3-1-2-4-11)10(14)13-7-9-8-15-5-6-16-9;/h9H,1-8,12H2,(H,13,14);1H. The van der Waals surface area contributed by atoms with Gasteiger partial charge in [0.2, 0.25) is 5.91 Å². The van der Waals surface area contributed by atoms with E-state index < -0.39 is 5.54 Å². The number of halogens is 1. The van der Waals surface area contributed by atoms with Crippen LogP contribution in [0.25, 0.3) is 0 Å². The third kappa shape index (κ3) is 3.81. The molecule has 0 radical (unpaired) electrons. The van der Waals surface area contributed by atoms with Crippen LogP contribution in [0.5, 0.6) is 0 Å². The molecule has 0 bridgehead atoms. The van der Waals surface area contributed by atoms with Gasteiger partial charge in [0.05, 0.1) is 31.5 Å². The Kier molecular flexibility index (Phi) is 5.66. The summed E-state index contributed by atoms with van der Waals surface area (Å²) in [5.74, 6) is -0.0424. The van der Waals surface area contributed by atoms with Crippen molar-refractivity contribution in [1.82, 2.24) is 5.32 Å². The summed E-state index contributed by atoms with van der Waals surface area (Å²) in [4.78, 5) is 11.9. The highest BCUT2D eigenvalue weighted by molar-refractivity contribution is 5.86. The molecule has 3 N–H and O–H groups in total.